The summed E-state index contributed by atoms with van der Waals surface area (Å²) < 4.78 is 0. The van der Waals surface area contributed by atoms with E-state index in [2.05, 4.69) is 36.4 Å². The predicted molar refractivity (Wildman–Crippen MR) is 79.5 cm³/mol. The number of phenols is 1. The predicted octanol–water partition coefficient (Wildman–Crippen LogP) is 4.33. The third kappa shape index (κ3) is 2.45. The summed E-state index contributed by atoms with van der Waals surface area (Å²) in [5.74, 6) is 0.398. The molecule has 0 atom stereocenters. The van der Waals surface area contributed by atoms with Gasteiger partial charge in [-0.3, -0.25) is 0 Å². The van der Waals surface area contributed by atoms with Crippen LogP contribution >= 0.6 is 0 Å². The van der Waals surface area contributed by atoms with Gasteiger partial charge in [0.05, 0.1) is 0 Å². The second-order valence-corrected chi connectivity index (χ2v) is 4.77. The van der Waals surface area contributed by atoms with Gasteiger partial charge in [-0.25, -0.2) is 0 Å². The summed E-state index contributed by atoms with van der Waals surface area (Å²) in [6.45, 7) is 0. The number of hydrogen-bond donors (Lipinski definition) is 1. The van der Waals surface area contributed by atoms with Crippen molar-refractivity contribution in [1.82, 2.24) is 0 Å². The SMILES string of the molecule is Oc1ccc2ccccc2c1CCc1ccccc1. The minimum atomic E-state index is 0.398. The van der Waals surface area contributed by atoms with E-state index in [1.165, 1.54) is 10.9 Å². The minimum Gasteiger partial charge on any atom is -0.508 e. The Labute approximate surface area is 113 Å². The fraction of sp³-hybridized carbons (Fsp3) is 0.111. The second kappa shape index (κ2) is 5.15. The van der Waals surface area contributed by atoms with E-state index in [9.17, 15) is 5.11 Å². The van der Waals surface area contributed by atoms with E-state index in [0.29, 0.717) is 5.75 Å². The molecule has 1 heteroatoms. The molecule has 3 aromatic carbocycles. The monoisotopic (exact) mass is 248 g/mol. The summed E-state index contributed by atoms with van der Waals surface area (Å²) in [7, 11) is 0. The first kappa shape index (κ1) is 11.8. The van der Waals surface area contributed by atoms with Crippen molar-refractivity contribution in [3.8, 4) is 5.75 Å². The van der Waals surface area contributed by atoms with Crippen LogP contribution in [0.4, 0.5) is 0 Å². The summed E-state index contributed by atoms with van der Waals surface area (Å²) in [4.78, 5) is 0. The first-order chi connectivity index (χ1) is 9.34. The number of benzene rings is 3. The van der Waals surface area contributed by atoms with Gasteiger partial charge in [-0.1, -0.05) is 60.7 Å². The van der Waals surface area contributed by atoms with Crippen molar-refractivity contribution >= 4 is 10.8 Å². The Hall–Kier alpha value is -2.28. The van der Waals surface area contributed by atoms with Crippen LogP contribution in [-0.2, 0) is 12.8 Å². The molecule has 1 nitrogen and oxygen atoms in total. The number of aromatic hydroxyl groups is 1. The van der Waals surface area contributed by atoms with Crippen molar-refractivity contribution in [1.29, 1.82) is 0 Å². The van der Waals surface area contributed by atoms with Crippen molar-refractivity contribution in [2.75, 3.05) is 0 Å². The number of hydrogen-bond acceptors (Lipinski definition) is 1. The molecule has 19 heavy (non-hydrogen) atoms. The third-order valence-electron chi connectivity index (χ3n) is 3.52. The van der Waals surface area contributed by atoms with Gasteiger partial charge in [-0.15, -0.1) is 0 Å². The van der Waals surface area contributed by atoms with Gasteiger partial charge in [0.2, 0.25) is 0 Å². The molecule has 0 aliphatic heterocycles. The Morgan fingerprint density at radius 3 is 2.26 bits per heavy atom. The maximum Gasteiger partial charge on any atom is 0.119 e. The van der Waals surface area contributed by atoms with Crippen LogP contribution in [0.3, 0.4) is 0 Å². The molecule has 0 saturated carbocycles. The minimum absolute atomic E-state index is 0.398. The largest absolute Gasteiger partial charge is 0.508 e. The quantitative estimate of drug-likeness (QED) is 0.731. The zero-order valence-corrected chi connectivity index (χ0v) is 10.7. The Morgan fingerprint density at radius 2 is 1.42 bits per heavy atom. The van der Waals surface area contributed by atoms with Crippen LogP contribution in [0.2, 0.25) is 0 Å². The first-order valence-corrected chi connectivity index (χ1v) is 6.58. The van der Waals surface area contributed by atoms with Gasteiger partial charge in [0.1, 0.15) is 5.75 Å². The fourth-order valence-electron chi connectivity index (χ4n) is 2.50. The highest BCUT2D eigenvalue weighted by molar-refractivity contribution is 5.87. The molecule has 3 rings (SSSR count). The highest BCUT2D eigenvalue weighted by Crippen LogP contribution is 2.28. The Morgan fingerprint density at radius 1 is 0.684 bits per heavy atom. The maximum atomic E-state index is 10.1. The van der Waals surface area contributed by atoms with Crippen molar-refractivity contribution in [3.63, 3.8) is 0 Å². The standard InChI is InChI=1S/C18H16O/c19-18-13-11-15-8-4-5-9-16(15)17(18)12-10-14-6-2-1-3-7-14/h1-9,11,13,19H,10,12H2. The van der Waals surface area contributed by atoms with E-state index in [1.807, 2.05) is 24.3 Å². The lowest BCUT2D eigenvalue weighted by Crippen LogP contribution is -1.93. The average molecular weight is 248 g/mol. The van der Waals surface area contributed by atoms with Crippen molar-refractivity contribution in [2.45, 2.75) is 12.8 Å². The van der Waals surface area contributed by atoms with Crippen molar-refractivity contribution < 1.29 is 5.11 Å². The lowest BCUT2D eigenvalue weighted by molar-refractivity contribution is 0.469. The van der Waals surface area contributed by atoms with Crippen LogP contribution in [0.1, 0.15) is 11.1 Å². The Balaban J connectivity index is 1.94. The highest BCUT2D eigenvalue weighted by Gasteiger charge is 2.06. The summed E-state index contributed by atoms with van der Waals surface area (Å²) in [5.41, 5.74) is 2.34. The molecular formula is C18H16O. The summed E-state index contributed by atoms with van der Waals surface area (Å²) in [6, 6.07) is 22.4. The number of rotatable bonds is 3. The summed E-state index contributed by atoms with van der Waals surface area (Å²) in [6.07, 6.45) is 1.81. The van der Waals surface area contributed by atoms with E-state index < -0.39 is 0 Å². The molecule has 0 radical (unpaired) electrons. The van der Waals surface area contributed by atoms with Gasteiger partial charge in [0.15, 0.2) is 0 Å². The third-order valence-corrected chi connectivity index (χ3v) is 3.52. The average Bonchev–Trinajstić information content (AvgIpc) is 2.47. The van der Waals surface area contributed by atoms with E-state index in [1.54, 1.807) is 6.07 Å². The first-order valence-electron chi connectivity index (χ1n) is 6.58. The van der Waals surface area contributed by atoms with Crippen LogP contribution < -0.4 is 0 Å². The molecule has 3 aromatic rings. The Kier molecular flexibility index (Phi) is 3.20. The van der Waals surface area contributed by atoms with E-state index >= 15 is 0 Å². The van der Waals surface area contributed by atoms with E-state index in [4.69, 9.17) is 0 Å². The van der Waals surface area contributed by atoms with Crippen LogP contribution in [0, 0.1) is 0 Å². The molecule has 0 aliphatic carbocycles. The number of phenolic OH excluding ortho intramolecular Hbond substituents is 1. The van der Waals surface area contributed by atoms with Gasteiger partial charge in [0.25, 0.3) is 0 Å². The number of fused-ring (bicyclic) bond motifs is 1. The molecule has 0 aromatic heterocycles. The van der Waals surface area contributed by atoms with Gasteiger partial charge in [-0.05, 0) is 35.2 Å². The molecule has 94 valence electrons. The molecule has 1 N–H and O–H groups in total. The van der Waals surface area contributed by atoms with Gasteiger partial charge in [-0.2, -0.15) is 0 Å². The molecule has 0 heterocycles. The van der Waals surface area contributed by atoms with Crippen molar-refractivity contribution in [3.05, 3.63) is 77.9 Å². The lowest BCUT2D eigenvalue weighted by atomic mass is 9.98. The van der Waals surface area contributed by atoms with Gasteiger partial charge in [0, 0.05) is 5.56 Å². The molecular weight excluding hydrogens is 232 g/mol. The molecule has 0 aliphatic rings. The van der Waals surface area contributed by atoms with E-state index in [0.717, 1.165) is 23.8 Å². The highest BCUT2D eigenvalue weighted by atomic mass is 16.3. The Bertz CT molecular complexity index is 686. The molecule has 0 bridgehead atoms. The van der Waals surface area contributed by atoms with Crippen LogP contribution in [0.25, 0.3) is 10.8 Å². The van der Waals surface area contributed by atoms with Gasteiger partial charge < -0.3 is 5.11 Å². The van der Waals surface area contributed by atoms with Crippen LogP contribution in [0.5, 0.6) is 5.75 Å². The lowest BCUT2D eigenvalue weighted by Gasteiger charge is -2.09. The van der Waals surface area contributed by atoms with Crippen molar-refractivity contribution in [2.24, 2.45) is 0 Å². The molecule has 0 fully saturated rings. The molecule has 0 spiro atoms. The van der Waals surface area contributed by atoms with Gasteiger partial charge >= 0.3 is 0 Å². The van der Waals surface area contributed by atoms with Crippen LogP contribution in [-0.4, -0.2) is 5.11 Å². The molecule has 0 amide bonds. The molecule has 0 unspecified atom stereocenters. The van der Waals surface area contributed by atoms with E-state index in [-0.39, 0.29) is 0 Å². The van der Waals surface area contributed by atoms with Crippen LogP contribution in [0.15, 0.2) is 66.7 Å². The molecule has 0 saturated heterocycles. The topological polar surface area (TPSA) is 20.2 Å². The summed E-state index contributed by atoms with van der Waals surface area (Å²) in [5, 5.41) is 12.4. The number of aryl methyl sites for hydroxylation is 2. The smallest absolute Gasteiger partial charge is 0.119 e. The zero-order chi connectivity index (χ0) is 13.1. The zero-order valence-electron chi connectivity index (χ0n) is 10.7. The maximum absolute atomic E-state index is 10.1. The fourth-order valence-corrected chi connectivity index (χ4v) is 2.50. The summed E-state index contributed by atoms with van der Waals surface area (Å²) >= 11 is 0. The second-order valence-electron chi connectivity index (χ2n) is 4.77. The normalized spacial score (nSPS) is 10.7.